The lowest BCUT2D eigenvalue weighted by atomic mass is 9.97. The fourth-order valence-electron chi connectivity index (χ4n) is 5.75. The minimum Gasteiger partial charge on any atom is -0.497 e. The Kier molecular flexibility index (Phi) is 6.44. The first-order valence-electron chi connectivity index (χ1n) is 11.9. The summed E-state index contributed by atoms with van der Waals surface area (Å²) in [6, 6.07) is 15.4. The summed E-state index contributed by atoms with van der Waals surface area (Å²) in [6.45, 7) is 5.05. The predicted octanol–water partition coefficient (Wildman–Crippen LogP) is 4.80. The van der Waals surface area contributed by atoms with Crippen molar-refractivity contribution in [3.05, 3.63) is 53.6 Å². The van der Waals surface area contributed by atoms with Gasteiger partial charge in [-0.05, 0) is 99.1 Å². The summed E-state index contributed by atoms with van der Waals surface area (Å²) in [4.78, 5) is 7.21. The van der Waals surface area contributed by atoms with Crippen molar-refractivity contribution in [2.75, 3.05) is 33.3 Å². The topological polar surface area (TPSA) is 32.8 Å². The van der Waals surface area contributed by atoms with Crippen molar-refractivity contribution in [3.8, 4) is 5.75 Å². The quantitative estimate of drug-likeness (QED) is 0.671. The third-order valence-corrected chi connectivity index (χ3v) is 8.88. The average molecular weight is 439 g/mol. The molecule has 2 unspecified atom stereocenters. The molecule has 2 fully saturated rings. The second-order valence-electron chi connectivity index (χ2n) is 9.22. The van der Waals surface area contributed by atoms with Gasteiger partial charge in [-0.25, -0.2) is 4.21 Å². The fourth-order valence-corrected chi connectivity index (χ4v) is 6.84. The number of likely N-dealkylation sites (tertiary alicyclic amines) is 2. The molecule has 0 spiro atoms. The van der Waals surface area contributed by atoms with Gasteiger partial charge < -0.3 is 9.64 Å². The van der Waals surface area contributed by atoms with Gasteiger partial charge in [0.1, 0.15) is 5.75 Å². The number of hydrogen-bond acceptors (Lipinski definition) is 4. The summed E-state index contributed by atoms with van der Waals surface area (Å²) in [5.41, 5.74) is 2.86. The van der Waals surface area contributed by atoms with Crippen LogP contribution in [0.3, 0.4) is 0 Å². The van der Waals surface area contributed by atoms with Crippen LogP contribution in [0.4, 0.5) is 0 Å². The normalized spacial score (nSPS) is 24.1. The lowest BCUT2D eigenvalue weighted by Crippen LogP contribution is -2.47. The van der Waals surface area contributed by atoms with Gasteiger partial charge in [0.2, 0.25) is 0 Å². The van der Waals surface area contributed by atoms with Crippen LogP contribution >= 0.6 is 0 Å². The monoisotopic (exact) mass is 438 g/mol. The summed E-state index contributed by atoms with van der Waals surface area (Å²) in [5, 5.41) is 0. The molecule has 0 amide bonds. The molecule has 2 heterocycles. The fraction of sp³-hybridized carbons (Fsp3) is 0.538. The van der Waals surface area contributed by atoms with Crippen molar-refractivity contribution in [3.63, 3.8) is 0 Å². The number of piperidine rings is 2. The summed E-state index contributed by atoms with van der Waals surface area (Å²) >= 11 is 0. The lowest BCUT2D eigenvalue weighted by Gasteiger charge is -2.42. The lowest BCUT2D eigenvalue weighted by molar-refractivity contribution is 0.0721. The summed E-state index contributed by atoms with van der Waals surface area (Å²) in [6.07, 6.45) is 9.10. The van der Waals surface area contributed by atoms with Gasteiger partial charge in [0.05, 0.1) is 17.9 Å². The molecule has 3 aliphatic rings. The molecule has 4 nitrogen and oxygen atoms in total. The highest BCUT2D eigenvalue weighted by atomic mass is 32.2. The van der Waals surface area contributed by atoms with E-state index in [2.05, 4.69) is 28.0 Å². The Morgan fingerprint density at radius 1 is 0.839 bits per heavy atom. The van der Waals surface area contributed by atoms with Gasteiger partial charge in [-0.3, -0.25) is 4.90 Å². The van der Waals surface area contributed by atoms with Crippen molar-refractivity contribution in [1.82, 2.24) is 9.80 Å². The van der Waals surface area contributed by atoms with Crippen molar-refractivity contribution < 1.29 is 8.95 Å². The maximum atomic E-state index is 13.1. The van der Waals surface area contributed by atoms with Crippen LogP contribution in [0.2, 0.25) is 0 Å². The van der Waals surface area contributed by atoms with Crippen LogP contribution in [-0.2, 0) is 17.2 Å². The van der Waals surface area contributed by atoms with E-state index in [4.69, 9.17) is 4.74 Å². The molecule has 2 aromatic rings. The van der Waals surface area contributed by atoms with Crippen molar-refractivity contribution >= 4 is 10.8 Å². The average Bonchev–Trinajstić information content (AvgIpc) is 3.27. The third-order valence-electron chi connectivity index (χ3n) is 7.50. The van der Waals surface area contributed by atoms with E-state index in [0.29, 0.717) is 6.04 Å². The van der Waals surface area contributed by atoms with Gasteiger partial charge in [0, 0.05) is 35.0 Å². The molecule has 0 bridgehead atoms. The van der Waals surface area contributed by atoms with E-state index < -0.39 is 10.8 Å². The molecule has 166 valence electrons. The maximum Gasteiger partial charge on any atom is 0.118 e. The van der Waals surface area contributed by atoms with Gasteiger partial charge in [0.15, 0.2) is 0 Å². The van der Waals surface area contributed by atoms with E-state index in [0.717, 1.165) is 28.0 Å². The number of benzene rings is 2. The minimum absolute atomic E-state index is 0.542. The Morgan fingerprint density at radius 3 is 2.26 bits per heavy atom. The summed E-state index contributed by atoms with van der Waals surface area (Å²) in [5.74, 6) is 0.793. The van der Waals surface area contributed by atoms with Crippen LogP contribution in [0.1, 0.15) is 55.7 Å². The smallest absolute Gasteiger partial charge is 0.118 e. The Hall–Kier alpha value is -1.69. The van der Waals surface area contributed by atoms with Crippen LogP contribution < -0.4 is 4.74 Å². The van der Waals surface area contributed by atoms with E-state index in [1.54, 1.807) is 7.11 Å². The van der Waals surface area contributed by atoms with E-state index in [9.17, 15) is 4.21 Å². The molecular formula is C26H34N2O2S. The number of methoxy groups -OCH3 is 1. The molecule has 0 aromatic heterocycles. The number of nitrogens with zero attached hydrogens (tertiary/aromatic N) is 2. The number of ether oxygens (including phenoxy) is 1. The molecule has 0 radical (unpaired) electrons. The second kappa shape index (κ2) is 9.43. The molecular weight excluding hydrogens is 404 g/mol. The van der Waals surface area contributed by atoms with E-state index in [1.165, 1.54) is 75.8 Å². The molecule has 0 saturated carbocycles. The molecule has 5 rings (SSSR count). The van der Waals surface area contributed by atoms with Gasteiger partial charge in [-0.2, -0.15) is 0 Å². The second-order valence-corrected chi connectivity index (χ2v) is 10.7. The molecule has 2 atom stereocenters. The number of hydrogen-bond donors (Lipinski definition) is 0. The highest BCUT2D eigenvalue weighted by Crippen LogP contribution is 2.39. The Morgan fingerprint density at radius 2 is 1.55 bits per heavy atom. The molecule has 2 aliphatic heterocycles. The van der Waals surface area contributed by atoms with Crippen molar-refractivity contribution in [2.24, 2.45) is 0 Å². The molecule has 1 aliphatic carbocycles. The zero-order chi connectivity index (χ0) is 21.2. The van der Waals surface area contributed by atoms with Crippen LogP contribution in [0.15, 0.2) is 52.3 Å². The summed E-state index contributed by atoms with van der Waals surface area (Å²) < 4.78 is 18.3. The van der Waals surface area contributed by atoms with Gasteiger partial charge in [0.25, 0.3) is 0 Å². The van der Waals surface area contributed by atoms with Crippen LogP contribution in [-0.4, -0.2) is 53.3 Å². The molecule has 5 heteroatoms. The largest absolute Gasteiger partial charge is 0.497 e. The minimum atomic E-state index is -1.15. The number of aryl methyl sites for hydroxylation is 1. The first-order valence-corrected chi connectivity index (χ1v) is 13.0. The zero-order valence-corrected chi connectivity index (χ0v) is 19.4. The highest BCUT2D eigenvalue weighted by molar-refractivity contribution is 7.85. The molecule has 2 saturated heterocycles. The molecule has 0 N–H and O–H groups in total. The highest BCUT2D eigenvalue weighted by Gasteiger charge is 2.33. The van der Waals surface area contributed by atoms with E-state index in [-0.39, 0.29) is 0 Å². The number of fused-ring (bicyclic) bond motifs is 1. The third kappa shape index (κ3) is 4.46. The predicted molar refractivity (Wildman–Crippen MR) is 125 cm³/mol. The summed E-state index contributed by atoms with van der Waals surface area (Å²) in [7, 11) is 0.504. The van der Waals surface area contributed by atoms with Crippen molar-refractivity contribution in [2.45, 2.75) is 66.8 Å². The maximum absolute atomic E-state index is 13.1. The number of rotatable bonds is 5. The first kappa shape index (κ1) is 21.2. The van der Waals surface area contributed by atoms with Crippen LogP contribution in [0.5, 0.6) is 5.75 Å². The zero-order valence-electron chi connectivity index (χ0n) is 18.6. The molecule has 2 aromatic carbocycles. The van der Waals surface area contributed by atoms with Crippen LogP contribution in [0.25, 0.3) is 0 Å². The Labute approximate surface area is 189 Å². The Bertz CT molecular complexity index is 916. The van der Waals surface area contributed by atoms with E-state index >= 15 is 0 Å². The standard InChI is InChI=1S/C26H34N2O2S/c1-30-22-6-8-23(9-7-22)31(29)24-10-11-25-20(19-24)5-12-26(25)28-17-13-21(14-18-28)27-15-3-2-4-16-27/h6-11,19,21,26H,2-5,12-18H2,1H3. The van der Waals surface area contributed by atoms with Crippen molar-refractivity contribution in [1.29, 1.82) is 0 Å². The SMILES string of the molecule is COc1ccc(S(=O)c2ccc3c(c2)CCC3N2CCC(N3CCCCC3)CC2)cc1. The van der Waals surface area contributed by atoms with Gasteiger partial charge in [-0.15, -0.1) is 0 Å². The first-order chi connectivity index (χ1) is 15.2. The van der Waals surface area contributed by atoms with Gasteiger partial charge in [-0.1, -0.05) is 12.5 Å². The van der Waals surface area contributed by atoms with Gasteiger partial charge >= 0.3 is 0 Å². The van der Waals surface area contributed by atoms with E-state index in [1.807, 2.05) is 24.3 Å². The Balaban J connectivity index is 1.24. The van der Waals surface area contributed by atoms with Crippen LogP contribution in [0, 0.1) is 0 Å². The molecule has 31 heavy (non-hydrogen) atoms.